The molecule has 51 heavy (non-hydrogen) atoms. The first-order valence-corrected chi connectivity index (χ1v) is 17.0. The minimum atomic E-state index is -0.820. The summed E-state index contributed by atoms with van der Waals surface area (Å²) in [7, 11) is 1.60. The van der Waals surface area contributed by atoms with Gasteiger partial charge in [-0.25, -0.2) is 9.59 Å². The summed E-state index contributed by atoms with van der Waals surface area (Å²) in [4.78, 5) is 68.9. The van der Waals surface area contributed by atoms with Gasteiger partial charge in [-0.1, -0.05) is 12.1 Å². The van der Waals surface area contributed by atoms with E-state index in [0.717, 1.165) is 11.3 Å². The Morgan fingerprint density at radius 3 is 1.92 bits per heavy atom. The van der Waals surface area contributed by atoms with Crippen molar-refractivity contribution in [3.8, 4) is 5.75 Å². The molecule has 3 aromatic rings. The van der Waals surface area contributed by atoms with Crippen molar-refractivity contribution in [1.82, 2.24) is 14.7 Å². The number of aliphatic imine (C=N–C) groups is 1. The summed E-state index contributed by atoms with van der Waals surface area (Å²) in [5.41, 5.74) is 2.10. The molecule has 0 radical (unpaired) electrons. The van der Waals surface area contributed by atoms with Crippen LogP contribution in [-0.4, -0.2) is 100 Å². The fourth-order valence-electron chi connectivity index (χ4n) is 5.53. The highest BCUT2D eigenvalue weighted by molar-refractivity contribution is 7.99. The van der Waals surface area contributed by atoms with E-state index >= 15 is 0 Å². The minimum Gasteiger partial charge on any atom is -0.497 e. The first-order valence-electron chi connectivity index (χ1n) is 16.0. The molecule has 2 fully saturated rings. The Labute approximate surface area is 297 Å². The number of nitrogens with zero attached hydrogens (tertiary/aromatic N) is 6. The van der Waals surface area contributed by atoms with Gasteiger partial charge in [0.15, 0.2) is 0 Å². The van der Waals surface area contributed by atoms with Crippen LogP contribution in [0.1, 0.15) is 23.1 Å². The molecule has 2 heterocycles. The molecule has 0 aliphatic carbocycles. The second kappa shape index (κ2) is 17.3. The number of carbonyl (C=O) groups is 3. The SMILES string of the molecule is COc1ccc(CS[C@H]2C[C@@H](C(=O)N3CCN(C=NC(=O)OCc4ccc([N+](=O)[O-])cc4)CC3)N(C(=O)OCc3ccc([N+](=O)[O-])cc3)C2)cc1. The highest BCUT2D eigenvalue weighted by Gasteiger charge is 2.42. The summed E-state index contributed by atoms with van der Waals surface area (Å²) in [5, 5.41) is 21.8. The van der Waals surface area contributed by atoms with Crippen LogP contribution in [0.2, 0.25) is 0 Å². The highest BCUT2D eigenvalue weighted by atomic mass is 32.2. The highest BCUT2D eigenvalue weighted by Crippen LogP contribution is 2.32. The molecule has 16 nitrogen and oxygen atoms in total. The van der Waals surface area contributed by atoms with Gasteiger partial charge in [-0.05, 0) is 59.5 Å². The van der Waals surface area contributed by atoms with Gasteiger partial charge >= 0.3 is 12.2 Å². The normalized spacial score (nSPS) is 17.3. The smallest absolute Gasteiger partial charge is 0.435 e. The lowest BCUT2D eigenvalue weighted by atomic mass is 10.1. The van der Waals surface area contributed by atoms with Crippen LogP contribution in [0.5, 0.6) is 5.75 Å². The monoisotopic (exact) mass is 720 g/mol. The lowest BCUT2D eigenvalue weighted by Gasteiger charge is -2.36. The van der Waals surface area contributed by atoms with Gasteiger partial charge in [0.1, 0.15) is 25.0 Å². The Balaban J connectivity index is 1.15. The maximum absolute atomic E-state index is 13.9. The minimum absolute atomic E-state index is 0.0292. The lowest BCUT2D eigenvalue weighted by molar-refractivity contribution is -0.385. The van der Waals surface area contributed by atoms with Gasteiger partial charge in [0.25, 0.3) is 11.4 Å². The van der Waals surface area contributed by atoms with E-state index in [0.29, 0.717) is 56.0 Å². The standard InChI is InChI=1S/C34H36N6O10S/c1-48-29-12-6-26(7-13-29)22-51-30-18-31(38(19-30)34(43)50-21-25-4-10-28(11-5-25)40(46)47)32(41)37-16-14-36(15-17-37)23-35-33(42)49-20-24-2-8-27(9-3-24)39(44)45/h2-13,23,30-31H,14-22H2,1H3/t30-,31-/m0/s1. The third kappa shape index (κ3) is 10.2. The second-order valence-electron chi connectivity index (χ2n) is 11.7. The Morgan fingerprint density at radius 2 is 1.37 bits per heavy atom. The number of nitro benzene ring substituents is 2. The predicted octanol–water partition coefficient (Wildman–Crippen LogP) is 5.03. The van der Waals surface area contributed by atoms with Crippen molar-refractivity contribution in [2.45, 2.75) is 36.7 Å². The maximum atomic E-state index is 13.9. The number of non-ortho nitro benzene ring substituents is 2. The molecule has 0 saturated carbocycles. The number of methoxy groups -OCH3 is 1. The van der Waals surface area contributed by atoms with E-state index in [1.807, 2.05) is 24.3 Å². The summed E-state index contributed by atoms with van der Waals surface area (Å²) in [5.74, 6) is 1.23. The summed E-state index contributed by atoms with van der Waals surface area (Å²) < 4.78 is 15.9. The topological polar surface area (TPSA) is 187 Å². The van der Waals surface area contributed by atoms with Crippen LogP contribution >= 0.6 is 11.8 Å². The van der Waals surface area contributed by atoms with Crippen LogP contribution in [0, 0.1) is 20.2 Å². The Hall–Kier alpha value is -5.71. The number of piperazine rings is 1. The zero-order valence-electron chi connectivity index (χ0n) is 27.7. The van der Waals surface area contributed by atoms with Gasteiger partial charge in [0.05, 0.1) is 23.3 Å². The molecule has 268 valence electrons. The van der Waals surface area contributed by atoms with Crippen molar-refractivity contribution in [2.75, 3.05) is 39.8 Å². The van der Waals surface area contributed by atoms with Crippen molar-refractivity contribution >= 4 is 47.6 Å². The summed E-state index contributed by atoms with van der Waals surface area (Å²) in [6.45, 7) is 1.60. The number of nitro groups is 2. The van der Waals surface area contributed by atoms with E-state index in [4.69, 9.17) is 14.2 Å². The Kier molecular flexibility index (Phi) is 12.4. The summed E-state index contributed by atoms with van der Waals surface area (Å²) in [6.07, 6.45) is 0.341. The van der Waals surface area contributed by atoms with Gasteiger partial charge in [0, 0.05) is 68.0 Å². The molecule has 2 atom stereocenters. The molecule has 5 rings (SSSR count). The number of hydrogen-bond acceptors (Lipinski definition) is 11. The fourth-order valence-corrected chi connectivity index (χ4v) is 6.73. The summed E-state index contributed by atoms with van der Waals surface area (Å²) in [6, 6.07) is 18.3. The van der Waals surface area contributed by atoms with Crippen LogP contribution in [0.4, 0.5) is 21.0 Å². The van der Waals surface area contributed by atoms with Gasteiger partial charge in [0.2, 0.25) is 5.91 Å². The first kappa shape index (κ1) is 36.6. The molecule has 0 spiro atoms. The van der Waals surface area contributed by atoms with E-state index in [1.54, 1.807) is 28.7 Å². The maximum Gasteiger partial charge on any atom is 0.435 e. The Morgan fingerprint density at radius 1 is 0.824 bits per heavy atom. The third-order valence-corrected chi connectivity index (χ3v) is 9.71. The second-order valence-corrected chi connectivity index (χ2v) is 13.0. The number of benzene rings is 3. The van der Waals surface area contributed by atoms with Gasteiger partial charge in [-0.15, -0.1) is 0 Å². The molecule has 2 aliphatic rings. The number of thioether (sulfide) groups is 1. The molecule has 3 aromatic carbocycles. The Bertz CT molecular complexity index is 1730. The number of hydrogen-bond donors (Lipinski definition) is 0. The molecule has 3 amide bonds. The van der Waals surface area contributed by atoms with E-state index < -0.39 is 28.1 Å². The van der Waals surface area contributed by atoms with Crippen molar-refractivity contribution in [1.29, 1.82) is 0 Å². The zero-order valence-corrected chi connectivity index (χ0v) is 28.5. The summed E-state index contributed by atoms with van der Waals surface area (Å²) >= 11 is 1.65. The molecule has 17 heteroatoms. The molecule has 0 N–H and O–H groups in total. The number of rotatable bonds is 12. The molecule has 0 unspecified atom stereocenters. The molecular weight excluding hydrogens is 684 g/mol. The average Bonchev–Trinajstić information content (AvgIpc) is 3.59. The third-order valence-electron chi connectivity index (χ3n) is 8.40. The number of ether oxygens (including phenoxy) is 3. The zero-order chi connectivity index (χ0) is 36.3. The van der Waals surface area contributed by atoms with Crippen molar-refractivity contribution in [2.24, 2.45) is 4.99 Å². The molecule has 0 aromatic heterocycles. The fraction of sp³-hybridized carbons (Fsp3) is 0.353. The molecule has 2 saturated heterocycles. The van der Waals surface area contributed by atoms with Crippen LogP contribution in [-0.2, 0) is 33.2 Å². The number of carbonyl (C=O) groups excluding carboxylic acids is 3. The number of likely N-dealkylation sites (tertiary alicyclic amines) is 1. The van der Waals surface area contributed by atoms with E-state index in [2.05, 4.69) is 4.99 Å². The van der Waals surface area contributed by atoms with E-state index in [1.165, 1.54) is 59.8 Å². The lowest BCUT2D eigenvalue weighted by Crippen LogP contribution is -2.54. The molecule has 2 aliphatic heterocycles. The van der Waals surface area contributed by atoms with Gasteiger partial charge < -0.3 is 24.0 Å². The van der Waals surface area contributed by atoms with E-state index in [-0.39, 0.29) is 35.7 Å². The van der Waals surface area contributed by atoms with Crippen molar-refractivity contribution < 1.29 is 38.4 Å². The van der Waals surface area contributed by atoms with Crippen molar-refractivity contribution in [3.63, 3.8) is 0 Å². The van der Waals surface area contributed by atoms with Crippen LogP contribution in [0.15, 0.2) is 77.8 Å². The predicted molar refractivity (Wildman–Crippen MR) is 186 cm³/mol. The van der Waals surface area contributed by atoms with Gasteiger partial charge in [-0.3, -0.25) is 29.9 Å². The van der Waals surface area contributed by atoms with Gasteiger partial charge in [-0.2, -0.15) is 16.8 Å². The van der Waals surface area contributed by atoms with E-state index in [9.17, 15) is 34.6 Å². The average molecular weight is 721 g/mol. The largest absolute Gasteiger partial charge is 0.497 e. The van der Waals surface area contributed by atoms with Crippen LogP contribution in [0.3, 0.4) is 0 Å². The molecular formula is C34H36N6O10S. The first-order chi connectivity index (χ1) is 24.6. The van der Waals surface area contributed by atoms with Crippen LogP contribution in [0.25, 0.3) is 0 Å². The van der Waals surface area contributed by atoms with Crippen LogP contribution < -0.4 is 4.74 Å². The molecule has 0 bridgehead atoms. The van der Waals surface area contributed by atoms with Crippen molar-refractivity contribution in [3.05, 3.63) is 110 Å². The quantitative estimate of drug-likeness (QED) is 0.105. The number of amides is 3.